The Morgan fingerprint density at radius 2 is 0.868 bits per heavy atom. The molecule has 0 atom stereocenters. The molecule has 0 aliphatic rings. The molecule has 9 heteroatoms. The molecule has 0 aliphatic heterocycles. The van der Waals surface area contributed by atoms with Crippen LogP contribution in [0.2, 0.25) is 10.6 Å². The van der Waals surface area contributed by atoms with Crippen LogP contribution in [0.1, 0.15) is 201 Å². The van der Waals surface area contributed by atoms with E-state index in [4.69, 9.17) is 9.47 Å². The number of hydrogen-bond acceptors (Lipinski definition) is 6. The average Bonchev–Trinajstić information content (AvgIpc) is 3.69. The first-order chi connectivity index (χ1) is 26.0. The van der Waals surface area contributed by atoms with E-state index >= 15 is 0 Å². The van der Waals surface area contributed by atoms with Crippen molar-refractivity contribution in [2.75, 3.05) is 32.8 Å². The van der Waals surface area contributed by atoms with Gasteiger partial charge in [-0.15, -0.1) is 0 Å². The zero-order chi connectivity index (χ0) is 39.3. The Labute approximate surface area is 345 Å². The Hall–Kier alpha value is -0.851. The topological polar surface area (TPSA) is 73.7 Å². The van der Waals surface area contributed by atoms with Crippen LogP contribution in [0.3, 0.4) is 0 Å². The standard InChI is InChI=1S/C16H25N3O4Se2.2C14H30/c20-15(22-10-12-24)2-7-18(8-3-16(21)23-11-13-25)5-1-6-19-9-4-17-14-19;2*1-3-5-7-9-11-13-14-12-10-8-6-4-2/h4,9,14H,1-3,5-8,10-13H2;2*3-14H2,1-2H3. The van der Waals surface area contributed by atoms with Crippen molar-refractivity contribution in [1.29, 1.82) is 0 Å². The number of ether oxygens (including phenoxy) is 2. The maximum absolute atomic E-state index is 11.7. The van der Waals surface area contributed by atoms with Gasteiger partial charge in [-0.05, 0) is 0 Å². The fourth-order valence-electron chi connectivity index (χ4n) is 6.01. The van der Waals surface area contributed by atoms with E-state index in [9.17, 15) is 9.59 Å². The van der Waals surface area contributed by atoms with Gasteiger partial charge in [-0.3, -0.25) is 0 Å². The van der Waals surface area contributed by atoms with Gasteiger partial charge in [0.25, 0.3) is 0 Å². The molecule has 53 heavy (non-hydrogen) atoms. The first kappa shape index (κ1) is 54.2. The molecule has 0 bridgehead atoms. The summed E-state index contributed by atoms with van der Waals surface area (Å²) in [6, 6.07) is 0. The van der Waals surface area contributed by atoms with Crippen molar-refractivity contribution in [1.82, 2.24) is 14.5 Å². The molecule has 0 aromatic carbocycles. The third kappa shape index (κ3) is 45.4. The van der Waals surface area contributed by atoms with E-state index in [2.05, 4.69) is 69.6 Å². The summed E-state index contributed by atoms with van der Waals surface area (Å²) in [5, 5.41) is 1.39. The molecule has 0 amide bonds. The zero-order valence-electron chi connectivity index (χ0n) is 35.3. The van der Waals surface area contributed by atoms with Crippen LogP contribution in [0.5, 0.6) is 0 Å². The predicted molar refractivity (Wildman–Crippen MR) is 229 cm³/mol. The molecular formula is C44H85N3O4Se2. The summed E-state index contributed by atoms with van der Waals surface area (Å²) in [6.07, 6.45) is 41.9. The van der Waals surface area contributed by atoms with E-state index in [1.165, 1.54) is 154 Å². The second-order valence-corrected chi connectivity index (χ2v) is 16.1. The molecule has 0 saturated carbocycles. The fraction of sp³-hybridized carbons (Fsp3) is 0.886. The summed E-state index contributed by atoms with van der Waals surface area (Å²) >= 11 is 5.61. The molecule has 0 unspecified atom stereocenters. The average molecular weight is 878 g/mol. The molecule has 7 nitrogen and oxygen atoms in total. The van der Waals surface area contributed by atoms with Crippen LogP contribution in [-0.4, -0.2) is 91.3 Å². The van der Waals surface area contributed by atoms with Gasteiger partial charge < -0.3 is 0 Å². The molecule has 312 valence electrons. The molecule has 0 spiro atoms. The number of carbonyl (C=O) groups is 2. The van der Waals surface area contributed by atoms with E-state index in [1.807, 2.05) is 10.8 Å². The molecule has 0 aliphatic carbocycles. The minimum atomic E-state index is -0.209. The van der Waals surface area contributed by atoms with E-state index in [-0.39, 0.29) is 11.9 Å². The first-order valence-electron chi connectivity index (χ1n) is 22.1. The van der Waals surface area contributed by atoms with Crippen LogP contribution in [-0.2, 0) is 25.6 Å². The van der Waals surface area contributed by atoms with Crippen LogP contribution >= 0.6 is 0 Å². The zero-order valence-corrected chi connectivity index (χ0v) is 38.7. The van der Waals surface area contributed by atoms with Crippen LogP contribution < -0.4 is 0 Å². The Bertz CT molecular complexity index is 773. The molecule has 1 aromatic heterocycles. The van der Waals surface area contributed by atoms with Crippen LogP contribution in [0.4, 0.5) is 0 Å². The van der Waals surface area contributed by atoms with E-state index < -0.39 is 0 Å². The summed E-state index contributed by atoms with van der Waals surface area (Å²) in [5.41, 5.74) is 0. The number of esters is 2. The number of unbranched alkanes of at least 4 members (excludes halogenated alkanes) is 22. The van der Waals surface area contributed by atoms with Crippen molar-refractivity contribution in [3.8, 4) is 0 Å². The Morgan fingerprint density at radius 3 is 1.15 bits per heavy atom. The molecule has 0 fully saturated rings. The Kier molecular flexibility index (Phi) is 48.4. The van der Waals surface area contributed by atoms with Gasteiger partial charge in [-0.1, -0.05) is 182 Å². The predicted octanol–water partition coefficient (Wildman–Crippen LogP) is 12.0. The monoisotopic (exact) mass is 879 g/mol. The summed E-state index contributed by atoms with van der Waals surface area (Å²) in [7, 11) is 0. The number of aryl methyl sites for hydroxylation is 1. The van der Waals surface area contributed by atoms with Crippen molar-refractivity contribution in [2.45, 2.75) is 218 Å². The van der Waals surface area contributed by atoms with Crippen molar-refractivity contribution in [2.24, 2.45) is 0 Å². The van der Waals surface area contributed by atoms with Crippen LogP contribution in [0, 0.1) is 0 Å². The first-order valence-corrected chi connectivity index (χ1v) is 24.6. The SMILES string of the molecule is CCCCCCCCCCCCCC.CCCCCCCCCCCCCC.O=C(CCN(CCCn1ccnc1)CCC(=O)OCC[Se])OCC[Se]. The summed E-state index contributed by atoms with van der Waals surface area (Å²) in [4.78, 5) is 29.5. The Morgan fingerprint density at radius 1 is 0.528 bits per heavy atom. The van der Waals surface area contributed by atoms with Crippen LogP contribution in [0.25, 0.3) is 0 Å². The summed E-state index contributed by atoms with van der Waals surface area (Å²) in [6.45, 7) is 12.7. The van der Waals surface area contributed by atoms with Gasteiger partial charge in [0.2, 0.25) is 0 Å². The number of hydrogen-bond donors (Lipinski definition) is 0. The normalized spacial score (nSPS) is 10.8. The van der Waals surface area contributed by atoms with Gasteiger partial charge in [0.15, 0.2) is 0 Å². The Balaban J connectivity index is 0. The van der Waals surface area contributed by atoms with Gasteiger partial charge in [0.1, 0.15) is 0 Å². The van der Waals surface area contributed by atoms with E-state index in [0.717, 1.165) is 19.5 Å². The van der Waals surface area contributed by atoms with Gasteiger partial charge >= 0.3 is 154 Å². The molecule has 1 aromatic rings. The molecule has 0 saturated heterocycles. The number of rotatable bonds is 36. The third-order valence-corrected chi connectivity index (χ3v) is 10.0. The minimum absolute atomic E-state index is 0.209. The van der Waals surface area contributed by atoms with Crippen LogP contribution in [0.15, 0.2) is 18.7 Å². The number of carbonyl (C=O) groups excluding carboxylic acids is 2. The maximum atomic E-state index is 11.7. The van der Waals surface area contributed by atoms with Crippen molar-refractivity contribution < 1.29 is 19.1 Å². The molecular weight excluding hydrogens is 792 g/mol. The van der Waals surface area contributed by atoms with Crippen molar-refractivity contribution in [3.63, 3.8) is 0 Å². The molecule has 1 rings (SSSR count). The molecule has 2 radical (unpaired) electrons. The van der Waals surface area contributed by atoms with E-state index in [1.54, 1.807) is 12.5 Å². The summed E-state index contributed by atoms with van der Waals surface area (Å²) in [5.74, 6) is -0.419. The van der Waals surface area contributed by atoms with E-state index in [0.29, 0.717) is 49.8 Å². The fourth-order valence-corrected chi connectivity index (χ4v) is 6.36. The second-order valence-electron chi connectivity index (χ2n) is 14.4. The van der Waals surface area contributed by atoms with Gasteiger partial charge in [-0.25, -0.2) is 4.98 Å². The van der Waals surface area contributed by atoms with Crippen molar-refractivity contribution >= 4 is 44.0 Å². The van der Waals surface area contributed by atoms with Gasteiger partial charge in [0.05, 0.1) is 0 Å². The number of imidazole rings is 1. The third-order valence-electron chi connectivity index (χ3n) is 9.32. The van der Waals surface area contributed by atoms with Gasteiger partial charge in [-0.2, -0.15) is 0 Å². The second kappa shape index (κ2) is 47.3. The molecule has 0 N–H and O–H groups in total. The van der Waals surface area contributed by atoms with Gasteiger partial charge in [0, 0.05) is 6.20 Å². The summed E-state index contributed by atoms with van der Waals surface area (Å²) < 4.78 is 12.2. The molecule has 1 heterocycles. The number of nitrogens with zero attached hydrogens (tertiary/aromatic N) is 3. The quantitative estimate of drug-likeness (QED) is 0.0380. The number of aromatic nitrogens is 2. The van der Waals surface area contributed by atoms with Crippen molar-refractivity contribution in [3.05, 3.63) is 18.7 Å².